The first-order valence-electron chi connectivity index (χ1n) is 12.2. The fourth-order valence-corrected chi connectivity index (χ4v) is 5.26. The number of primary amides is 1. The van der Waals surface area contributed by atoms with Gasteiger partial charge in [-0.25, -0.2) is 4.98 Å². The van der Waals surface area contributed by atoms with E-state index < -0.39 is 5.91 Å². The zero-order chi connectivity index (χ0) is 23.5. The zero-order valence-electron chi connectivity index (χ0n) is 19.4. The SMILES string of the molecule is NC(=O)c1cc2c(nc1OC1CCC(N3CCN(Cc4ccccc4)CC3=O)CC1)CCOC2. The van der Waals surface area contributed by atoms with E-state index in [0.29, 0.717) is 37.6 Å². The van der Waals surface area contributed by atoms with Crippen LogP contribution < -0.4 is 10.5 Å². The smallest absolute Gasteiger partial charge is 0.254 e. The second-order valence-electron chi connectivity index (χ2n) is 9.45. The average molecular weight is 465 g/mol. The fourth-order valence-electron chi connectivity index (χ4n) is 5.26. The Balaban J connectivity index is 1.16. The summed E-state index contributed by atoms with van der Waals surface area (Å²) < 4.78 is 11.7. The molecule has 5 rings (SSSR count). The van der Waals surface area contributed by atoms with Crippen LogP contribution >= 0.6 is 0 Å². The molecule has 2 N–H and O–H groups in total. The third-order valence-corrected chi connectivity index (χ3v) is 7.11. The normalized spacial score (nSPS) is 23.4. The first-order valence-corrected chi connectivity index (χ1v) is 12.2. The summed E-state index contributed by atoms with van der Waals surface area (Å²) in [7, 11) is 0. The van der Waals surface area contributed by atoms with E-state index in [9.17, 15) is 9.59 Å². The van der Waals surface area contributed by atoms with E-state index in [1.165, 1.54) is 5.56 Å². The van der Waals surface area contributed by atoms with E-state index in [-0.39, 0.29) is 18.1 Å². The van der Waals surface area contributed by atoms with Gasteiger partial charge >= 0.3 is 0 Å². The van der Waals surface area contributed by atoms with Gasteiger partial charge in [-0.1, -0.05) is 30.3 Å². The minimum Gasteiger partial charge on any atom is -0.474 e. The van der Waals surface area contributed by atoms with Crippen molar-refractivity contribution in [2.75, 3.05) is 26.2 Å². The molecule has 0 atom stereocenters. The Hall–Kier alpha value is -2.97. The van der Waals surface area contributed by atoms with Crippen molar-refractivity contribution in [3.63, 3.8) is 0 Å². The van der Waals surface area contributed by atoms with Crippen LogP contribution in [0.15, 0.2) is 36.4 Å². The highest BCUT2D eigenvalue weighted by Crippen LogP contribution is 2.30. The van der Waals surface area contributed by atoms with Crippen LogP contribution in [0.3, 0.4) is 0 Å². The molecule has 2 aromatic rings. The van der Waals surface area contributed by atoms with E-state index in [0.717, 1.165) is 56.6 Å². The summed E-state index contributed by atoms with van der Waals surface area (Å²) in [5.74, 6) is 0.00636. The predicted octanol–water partition coefficient (Wildman–Crippen LogP) is 2.29. The lowest BCUT2D eigenvalue weighted by Crippen LogP contribution is -2.54. The Kier molecular flexibility index (Phi) is 6.78. The molecule has 0 unspecified atom stereocenters. The van der Waals surface area contributed by atoms with Crippen LogP contribution in [0.5, 0.6) is 5.88 Å². The van der Waals surface area contributed by atoms with E-state index in [2.05, 4.69) is 26.9 Å². The molecule has 0 bridgehead atoms. The number of hydrogen-bond acceptors (Lipinski definition) is 6. The zero-order valence-corrected chi connectivity index (χ0v) is 19.4. The van der Waals surface area contributed by atoms with Gasteiger partial charge in [0.15, 0.2) is 0 Å². The third kappa shape index (κ3) is 5.08. The maximum atomic E-state index is 12.9. The number of nitrogens with zero attached hydrogens (tertiary/aromatic N) is 3. The van der Waals surface area contributed by atoms with Gasteiger partial charge in [-0.15, -0.1) is 0 Å². The third-order valence-electron chi connectivity index (χ3n) is 7.11. The molecule has 0 radical (unpaired) electrons. The number of piperazine rings is 1. The molecule has 1 aromatic carbocycles. The van der Waals surface area contributed by atoms with Crippen molar-refractivity contribution in [2.24, 2.45) is 5.73 Å². The second-order valence-corrected chi connectivity index (χ2v) is 9.45. The van der Waals surface area contributed by atoms with Gasteiger partial charge in [-0.3, -0.25) is 14.5 Å². The number of amides is 2. The van der Waals surface area contributed by atoms with E-state index in [1.807, 2.05) is 18.2 Å². The van der Waals surface area contributed by atoms with Crippen molar-refractivity contribution in [3.05, 3.63) is 58.8 Å². The average Bonchev–Trinajstić information content (AvgIpc) is 2.85. The number of pyridine rings is 1. The highest BCUT2D eigenvalue weighted by Gasteiger charge is 2.33. The molecule has 1 aromatic heterocycles. The van der Waals surface area contributed by atoms with E-state index in [1.54, 1.807) is 6.07 Å². The van der Waals surface area contributed by atoms with Gasteiger partial charge < -0.3 is 20.1 Å². The quantitative estimate of drug-likeness (QED) is 0.705. The van der Waals surface area contributed by atoms with Crippen molar-refractivity contribution < 1.29 is 19.1 Å². The lowest BCUT2D eigenvalue weighted by atomic mass is 9.91. The molecule has 180 valence electrons. The summed E-state index contributed by atoms with van der Waals surface area (Å²) in [4.78, 5) is 33.8. The number of hydrogen-bond donors (Lipinski definition) is 1. The topological polar surface area (TPSA) is 98.0 Å². The fraction of sp³-hybridized carbons (Fsp3) is 0.500. The second kappa shape index (κ2) is 10.1. The molecular formula is C26H32N4O4. The van der Waals surface area contributed by atoms with E-state index >= 15 is 0 Å². The molecular weight excluding hydrogens is 432 g/mol. The van der Waals surface area contributed by atoms with Gasteiger partial charge in [0, 0.05) is 37.7 Å². The first kappa shape index (κ1) is 22.8. The largest absolute Gasteiger partial charge is 0.474 e. The highest BCUT2D eigenvalue weighted by molar-refractivity contribution is 5.95. The van der Waals surface area contributed by atoms with Gasteiger partial charge in [0.1, 0.15) is 11.7 Å². The van der Waals surface area contributed by atoms with Gasteiger partial charge in [-0.05, 0) is 37.3 Å². The molecule has 2 aliphatic heterocycles. The van der Waals surface area contributed by atoms with Gasteiger partial charge in [0.05, 0.1) is 25.5 Å². The molecule has 2 amide bonds. The number of carbonyl (C=O) groups is 2. The maximum Gasteiger partial charge on any atom is 0.254 e. The minimum absolute atomic E-state index is 0.0331. The monoisotopic (exact) mass is 464 g/mol. The molecule has 34 heavy (non-hydrogen) atoms. The standard InChI is InChI=1S/C26H32N4O4/c27-25(32)22-14-19-17-33-13-10-23(19)28-26(22)34-21-8-6-20(7-9-21)30-12-11-29(16-24(30)31)15-18-4-2-1-3-5-18/h1-5,14,20-21H,6-13,15-17H2,(H2,27,32). The van der Waals surface area contributed by atoms with Crippen molar-refractivity contribution in [3.8, 4) is 5.88 Å². The maximum absolute atomic E-state index is 12.9. The van der Waals surface area contributed by atoms with Crippen molar-refractivity contribution in [1.29, 1.82) is 0 Å². The number of carbonyl (C=O) groups excluding carboxylic acids is 2. The molecule has 3 aliphatic rings. The number of ether oxygens (including phenoxy) is 2. The summed E-state index contributed by atoms with van der Waals surface area (Å²) in [5.41, 5.74) is 8.97. The minimum atomic E-state index is -0.538. The Morgan fingerprint density at radius 3 is 2.68 bits per heavy atom. The number of nitrogens with two attached hydrogens (primary N) is 1. The summed E-state index contributed by atoms with van der Waals surface area (Å²) in [6.45, 7) is 4.00. The lowest BCUT2D eigenvalue weighted by molar-refractivity contribution is -0.140. The van der Waals surface area contributed by atoms with Crippen LogP contribution in [0.4, 0.5) is 0 Å². The van der Waals surface area contributed by atoms with Crippen LogP contribution in [0.25, 0.3) is 0 Å². The molecule has 2 fully saturated rings. The molecule has 1 aliphatic carbocycles. The van der Waals surface area contributed by atoms with Crippen LogP contribution in [-0.2, 0) is 29.1 Å². The first-order chi connectivity index (χ1) is 16.6. The summed E-state index contributed by atoms with van der Waals surface area (Å²) in [6, 6.07) is 12.3. The number of benzene rings is 1. The van der Waals surface area contributed by atoms with Crippen LogP contribution in [0.2, 0.25) is 0 Å². The highest BCUT2D eigenvalue weighted by atomic mass is 16.5. The molecule has 8 heteroatoms. The van der Waals surface area contributed by atoms with Gasteiger partial charge in [0.25, 0.3) is 5.91 Å². The van der Waals surface area contributed by atoms with Gasteiger partial charge in [-0.2, -0.15) is 0 Å². The van der Waals surface area contributed by atoms with Crippen molar-refractivity contribution in [1.82, 2.24) is 14.8 Å². The van der Waals surface area contributed by atoms with Crippen LogP contribution in [0.1, 0.15) is 52.9 Å². The number of rotatable bonds is 6. The summed E-state index contributed by atoms with van der Waals surface area (Å²) in [5, 5.41) is 0. The number of aromatic nitrogens is 1. The molecule has 0 spiro atoms. The molecule has 3 heterocycles. The molecule has 8 nitrogen and oxygen atoms in total. The van der Waals surface area contributed by atoms with Crippen molar-refractivity contribution in [2.45, 2.75) is 57.4 Å². The van der Waals surface area contributed by atoms with Crippen LogP contribution in [0, 0.1) is 0 Å². The predicted molar refractivity (Wildman–Crippen MR) is 126 cm³/mol. The Morgan fingerprint density at radius 2 is 1.94 bits per heavy atom. The number of fused-ring (bicyclic) bond motifs is 1. The summed E-state index contributed by atoms with van der Waals surface area (Å²) >= 11 is 0. The van der Waals surface area contributed by atoms with Crippen molar-refractivity contribution >= 4 is 11.8 Å². The Labute approximate surface area is 200 Å². The summed E-state index contributed by atoms with van der Waals surface area (Å²) in [6.07, 6.45) is 4.09. The molecule has 1 saturated heterocycles. The molecule has 1 saturated carbocycles. The van der Waals surface area contributed by atoms with Gasteiger partial charge in [0.2, 0.25) is 11.8 Å². The lowest BCUT2D eigenvalue weighted by Gasteiger charge is -2.41. The Bertz CT molecular complexity index is 1040. The van der Waals surface area contributed by atoms with E-state index in [4.69, 9.17) is 15.2 Å². The Morgan fingerprint density at radius 1 is 1.15 bits per heavy atom. The van der Waals surface area contributed by atoms with Crippen LogP contribution in [-0.4, -0.2) is 65.0 Å².